The number of aromatic nitrogens is 1. The molecule has 0 radical (unpaired) electrons. The molecule has 6 nitrogen and oxygen atoms in total. The normalized spacial score (nSPS) is 10.2. The van der Waals surface area contributed by atoms with E-state index >= 15 is 0 Å². The van der Waals surface area contributed by atoms with Crippen LogP contribution in [0.1, 0.15) is 0 Å². The monoisotopic (exact) mass is 460 g/mol. The van der Waals surface area contributed by atoms with Crippen LogP contribution in [-0.4, -0.2) is 36.6 Å². The van der Waals surface area contributed by atoms with Gasteiger partial charge in [-0.2, -0.15) is 0 Å². The number of hydrogen-bond donors (Lipinski definition) is 1. The Bertz CT molecular complexity index is 782. The fourth-order valence-corrected chi connectivity index (χ4v) is 3.01. The molecule has 1 aromatic carbocycles. The standard InChI is InChI=1S/C16H14ClIN2O4/c1-2-5-19-13(21)8-23-14(22)9-24-16-12(18)7-11(17)10-4-3-6-20-15(10)16/h2-4,6-7H,1,5,8-9H2,(H,19,21). The van der Waals surface area contributed by atoms with Crippen LogP contribution in [0.25, 0.3) is 10.9 Å². The van der Waals surface area contributed by atoms with Gasteiger partial charge in [-0.15, -0.1) is 6.58 Å². The second-order valence-electron chi connectivity index (χ2n) is 4.61. The first-order chi connectivity index (χ1) is 11.5. The molecule has 24 heavy (non-hydrogen) atoms. The number of pyridine rings is 1. The molecule has 0 saturated heterocycles. The van der Waals surface area contributed by atoms with Crippen LogP contribution >= 0.6 is 34.2 Å². The van der Waals surface area contributed by atoms with Gasteiger partial charge in [-0.25, -0.2) is 4.79 Å². The maximum absolute atomic E-state index is 11.7. The minimum absolute atomic E-state index is 0.313. The Hall–Kier alpha value is -1.87. The second kappa shape index (κ2) is 8.84. The third-order valence-corrected chi connectivity index (χ3v) is 4.01. The third kappa shape index (κ3) is 4.81. The molecule has 126 valence electrons. The molecule has 0 fully saturated rings. The van der Waals surface area contributed by atoms with Gasteiger partial charge in [-0.3, -0.25) is 9.78 Å². The Labute approximate surface area is 157 Å². The van der Waals surface area contributed by atoms with Crippen LogP contribution in [0.15, 0.2) is 37.1 Å². The Morgan fingerprint density at radius 3 is 2.96 bits per heavy atom. The van der Waals surface area contributed by atoms with E-state index < -0.39 is 11.9 Å². The van der Waals surface area contributed by atoms with Gasteiger partial charge in [-0.05, 0) is 40.8 Å². The summed E-state index contributed by atoms with van der Waals surface area (Å²) in [7, 11) is 0. The minimum Gasteiger partial charge on any atom is -0.478 e. The molecule has 1 heterocycles. The fraction of sp³-hybridized carbons (Fsp3) is 0.188. The summed E-state index contributed by atoms with van der Waals surface area (Å²) >= 11 is 8.23. The van der Waals surface area contributed by atoms with E-state index in [0.29, 0.717) is 22.8 Å². The lowest BCUT2D eigenvalue weighted by atomic mass is 10.2. The van der Waals surface area contributed by atoms with Crippen molar-refractivity contribution in [2.45, 2.75) is 0 Å². The van der Waals surface area contributed by atoms with Gasteiger partial charge >= 0.3 is 5.97 Å². The highest BCUT2D eigenvalue weighted by atomic mass is 127. The second-order valence-corrected chi connectivity index (χ2v) is 6.18. The van der Waals surface area contributed by atoms with Gasteiger partial charge in [0.2, 0.25) is 0 Å². The molecule has 0 saturated carbocycles. The van der Waals surface area contributed by atoms with Crippen LogP contribution < -0.4 is 10.1 Å². The van der Waals surface area contributed by atoms with E-state index in [9.17, 15) is 9.59 Å². The highest BCUT2D eigenvalue weighted by molar-refractivity contribution is 14.1. The molecule has 1 amide bonds. The van der Waals surface area contributed by atoms with Crippen molar-refractivity contribution in [2.75, 3.05) is 19.8 Å². The molecule has 8 heteroatoms. The maximum Gasteiger partial charge on any atom is 0.344 e. The number of halogens is 2. The Kier molecular flexibility index (Phi) is 6.80. The van der Waals surface area contributed by atoms with Crippen molar-refractivity contribution in [1.82, 2.24) is 10.3 Å². The first-order valence-corrected chi connectivity index (χ1v) is 8.37. The molecule has 2 aromatic rings. The first-order valence-electron chi connectivity index (χ1n) is 6.91. The molecule has 1 aromatic heterocycles. The number of benzene rings is 1. The molecule has 1 N–H and O–H groups in total. The van der Waals surface area contributed by atoms with Crippen LogP contribution in [0, 0.1) is 3.57 Å². The summed E-state index contributed by atoms with van der Waals surface area (Å²) in [6, 6.07) is 5.31. The van der Waals surface area contributed by atoms with Crippen LogP contribution in [0.5, 0.6) is 5.75 Å². The van der Waals surface area contributed by atoms with E-state index in [-0.39, 0.29) is 13.2 Å². The summed E-state index contributed by atoms with van der Waals surface area (Å²) in [5.41, 5.74) is 0.561. The smallest absolute Gasteiger partial charge is 0.344 e. The molecular weight excluding hydrogens is 447 g/mol. The quantitative estimate of drug-likeness (QED) is 0.391. The largest absolute Gasteiger partial charge is 0.478 e. The van der Waals surface area contributed by atoms with Crippen molar-refractivity contribution < 1.29 is 19.1 Å². The van der Waals surface area contributed by atoms with E-state index in [1.165, 1.54) is 6.08 Å². The van der Waals surface area contributed by atoms with Crippen molar-refractivity contribution in [3.8, 4) is 5.75 Å². The minimum atomic E-state index is -0.654. The van der Waals surface area contributed by atoms with E-state index in [4.69, 9.17) is 21.1 Å². The lowest BCUT2D eigenvalue weighted by Crippen LogP contribution is -2.29. The zero-order valence-electron chi connectivity index (χ0n) is 12.6. The number of rotatable bonds is 7. The molecule has 0 aliphatic carbocycles. The summed E-state index contributed by atoms with van der Waals surface area (Å²) in [4.78, 5) is 27.3. The van der Waals surface area contributed by atoms with E-state index in [2.05, 4.69) is 39.5 Å². The molecule has 0 unspecified atom stereocenters. The lowest BCUT2D eigenvalue weighted by Gasteiger charge is -2.11. The fourth-order valence-electron chi connectivity index (χ4n) is 1.84. The predicted molar refractivity (Wildman–Crippen MR) is 99.1 cm³/mol. The topological polar surface area (TPSA) is 77.5 Å². The third-order valence-electron chi connectivity index (χ3n) is 2.89. The molecule has 0 aliphatic heterocycles. The Balaban J connectivity index is 1.99. The summed E-state index contributed by atoms with van der Waals surface area (Å²) in [5, 5.41) is 3.78. The van der Waals surface area contributed by atoms with E-state index in [1.54, 1.807) is 18.3 Å². The number of amides is 1. The molecule has 2 rings (SSSR count). The van der Waals surface area contributed by atoms with Crippen molar-refractivity contribution in [3.05, 3.63) is 45.6 Å². The van der Waals surface area contributed by atoms with Gasteiger partial charge in [0.05, 0.1) is 8.59 Å². The Morgan fingerprint density at radius 1 is 1.42 bits per heavy atom. The van der Waals surface area contributed by atoms with E-state index in [0.717, 1.165) is 8.96 Å². The van der Waals surface area contributed by atoms with Crippen LogP contribution in [-0.2, 0) is 14.3 Å². The first kappa shape index (κ1) is 18.5. The number of esters is 1. The molecule has 0 atom stereocenters. The van der Waals surface area contributed by atoms with Gasteiger partial charge in [-0.1, -0.05) is 17.7 Å². The molecule has 0 aliphatic rings. The average molecular weight is 461 g/mol. The average Bonchev–Trinajstić information content (AvgIpc) is 2.58. The van der Waals surface area contributed by atoms with Crippen molar-refractivity contribution in [2.24, 2.45) is 0 Å². The van der Waals surface area contributed by atoms with Crippen molar-refractivity contribution in [3.63, 3.8) is 0 Å². The van der Waals surface area contributed by atoms with Crippen molar-refractivity contribution in [1.29, 1.82) is 0 Å². The highest BCUT2D eigenvalue weighted by Gasteiger charge is 2.14. The molecular formula is C16H14ClIN2O4. The number of hydrogen-bond acceptors (Lipinski definition) is 5. The number of nitrogens with one attached hydrogen (secondary N) is 1. The van der Waals surface area contributed by atoms with Crippen LogP contribution in [0.4, 0.5) is 0 Å². The summed E-state index contributed by atoms with van der Waals surface area (Å²) in [6.07, 6.45) is 3.15. The van der Waals surface area contributed by atoms with Crippen LogP contribution in [0.3, 0.4) is 0 Å². The predicted octanol–water partition coefficient (Wildman–Crippen LogP) is 2.72. The van der Waals surface area contributed by atoms with Gasteiger partial charge in [0.1, 0.15) is 5.52 Å². The maximum atomic E-state index is 11.7. The van der Waals surface area contributed by atoms with Gasteiger partial charge in [0.25, 0.3) is 5.91 Å². The lowest BCUT2D eigenvalue weighted by molar-refractivity contribution is -0.150. The van der Waals surface area contributed by atoms with Crippen LogP contribution in [0.2, 0.25) is 5.02 Å². The number of carbonyl (C=O) groups excluding carboxylic acids is 2. The number of nitrogens with zero attached hydrogens (tertiary/aromatic N) is 1. The van der Waals surface area contributed by atoms with Gasteiger partial charge < -0.3 is 14.8 Å². The number of ether oxygens (including phenoxy) is 2. The van der Waals surface area contributed by atoms with Gasteiger partial charge in [0, 0.05) is 18.1 Å². The van der Waals surface area contributed by atoms with Crippen molar-refractivity contribution >= 4 is 57.0 Å². The zero-order chi connectivity index (χ0) is 17.5. The van der Waals surface area contributed by atoms with Gasteiger partial charge in [0.15, 0.2) is 19.0 Å². The number of fused-ring (bicyclic) bond motifs is 1. The summed E-state index contributed by atoms with van der Waals surface area (Å²) < 4.78 is 11.1. The summed E-state index contributed by atoms with van der Waals surface area (Å²) in [6.45, 7) is 3.08. The zero-order valence-corrected chi connectivity index (χ0v) is 15.5. The SMILES string of the molecule is C=CCNC(=O)COC(=O)COc1c(I)cc(Cl)c2cccnc12. The van der Waals surface area contributed by atoms with E-state index in [1.807, 2.05) is 6.07 Å². The Morgan fingerprint density at radius 2 is 2.21 bits per heavy atom. The highest BCUT2D eigenvalue weighted by Crippen LogP contribution is 2.34. The molecule has 0 spiro atoms. The number of carbonyl (C=O) groups is 2. The summed E-state index contributed by atoms with van der Waals surface area (Å²) in [5.74, 6) is -0.612. The molecule has 0 bridgehead atoms.